The van der Waals surface area contributed by atoms with Gasteiger partial charge in [-0.05, 0) is 31.5 Å². The fourth-order valence-corrected chi connectivity index (χ4v) is 4.15. The molecular formula is C23H19ClN6O. The van der Waals surface area contributed by atoms with Crippen molar-refractivity contribution >= 4 is 23.3 Å². The summed E-state index contributed by atoms with van der Waals surface area (Å²) >= 11 is 6.20. The third-order valence-electron chi connectivity index (χ3n) is 5.44. The molecule has 0 fully saturated rings. The summed E-state index contributed by atoms with van der Waals surface area (Å²) < 4.78 is 1.56. The van der Waals surface area contributed by atoms with Crippen LogP contribution in [0.1, 0.15) is 34.7 Å². The second-order valence-electron chi connectivity index (χ2n) is 7.63. The predicted octanol–water partition coefficient (Wildman–Crippen LogP) is 4.47. The van der Waals surface area contributed by atoms with E-state index in [0.717, 1.165) is 27.9 Å². The summed E-state index contributed by atoms with van der Waals surface area (Å²) in [5.74, 6) is 0.627. The van der Waals surface area contributed by atoms with E-state index in [1.165, 1.54) is 0 Å². The van der Waals surface area contributed by atoms with Crippen LogP contribution in [0.25, 0.3) is 17.2 Å². The molecule has 0 unspecified atom stereocenters. The largest absolute Gasteiger partial charge is 0.310 e. The predicted molar refractivity (Wildman–Crippen MR) is 118 cm³/mol. The van der Waals surface area contributed by atoms with Crippen LogP contribution in [0.4, 0.5) is 5.82 Å². The van der Waals surface area contributed by atoms with Crippen molar-refractivity contribution in [2.45, 2.75) is 26.2 Å². The number of amides is 1. The highest BCUT2D eigenvalue weighted by molar-refractivity contribution is 6.30. The summed E-state index contributed by atoms with van der Waals surface area (Å²) in [4.78, 5) is 17.2. The van der Waals surface area contributed by atoms with E-state index in [4.69, 9.17) is 11.6 Å². The van der Waals surface area contributed by atoms with E-state index in [9.17, 15) is 4.79 Å². The normalized spacial score (nSPS) is 15.5. The number of benzene rings is 2. The Morgan fingerprint density at radius 1 is 1.13 bits per heavy atom. The van der Waals surface area contributed by atoms with Crippen LogP contribution in [-0.4, -0.2) is 30.9 Å². The van der Waals surface area contributed by atoms with Gasteiger partial charge in [-0.25, -0.2) is 4.98 Å². The number of carbonyl (C=O) groups excluding carboxylic acids is 1. The van der Waals surface area contributed by atoms with Crippen LogP contribution in [0.5, 0.6) is 0 Å². The SMILES string of the molecule is Cc1ccc(-c2cnnc(-n3nc(C)c4c3NC(=O)C[C@H]4c3cccc(Cl)c3)n2)cc1. The van der Waals surface area contributed by atoms with Gasteiger partial charge in [0.2, 0.25) is 5.91 Å². The Kier molecular flexibility index (Phi) is 4.75. The average molecular weight is 431 g/mol. The number of hydrogen-bond acceptors (Lipinski definition) is 5. The topological polar surface area (TPSA) is 85.6 Å². The number of anilines is 1. The van der Waals surface area contributed by atoms with Gasteiger partial charge in [0.05, 0.1) is 17.6 Å². The monoisotopic (exact) mass is 430 g/mol. The van der Waals surface area contributed by atoms with Crippen LogP contribution in [0.3, 0.4) is 0 Å². The lowest BCUT2D eigenvalue weighted by molar-refractivity contribution is -0.116. The Morgan fingerprint density at radius 3 is 2.71 bits per heavy atom. The Labute approximate surface area is 184 Å². The third-order valence-corrected chi connectivity index (χ3v) is 5.67. The van der Waals surface area contributed by atoms with Gasteiger partial charge in [-0.3, -0.25) is 4.79 Å². The minimum absolute atomic E-state index is 0.0960. The van der Waals surface area contributed by atoms with E-state index in [1.54, 1.807) is 10.9 Å². The first kappa shape index (κ1) is 19.4. The van der Waals surface area contributed by atoms with Gasteiger partial charge in [0.15, 0.2) is 0 Å². The van der Waals surface area contributed by atoms with Crippen LogP contribution in [-0.2, 0) is 4.79 Å². The van der Waals surface area contributed by atoms with Gasteiger partial charge in [-0.1, -0.05) is 53.6 Å². The number of hydrogen-bond donors (Lipinski definition) is 1. The minimum atomic E-state index is -0.149. The number of aryl methyl sites for hydroxylation is 2. The van der Waals surface area contributed by atoms with E-state index in [1.807, 2.05) is 62.4 Å². The number of carbonyl (C=O) groups is 1. The summed E-state index contributed by atoms with van der Waals surface area (Å²) in [6.07, 6.45) is 1.94. The standard InChI is InChI=1S/C23H19ClN6O/c1-13-6-8-15(9-7-13)19-12-25-28-23(26-19)30-22-21(14(2)29-30)18(11-20(31)27-22)16-4-3-5-17(24)10-16/h3-10,12,18H,11H2,1-2H3,(H,27,31)/t18-/m0/s1. The number of fused-ring (bicyclic) bond motifs is 1. The lowest BCUT2D eigenvalue weighted by Gasteiger charge is -2.24. The van der Waals surface area contributed by atoms with E-state index in [2.05, 4.69) is 25.6 Å². The van der Waals surface area contributed by atoms with Crippen LogP contribution in [0.15, 0.2) is 54.7 Å². The van der Waals surface area contributed by atoms with Crippen molar-refractivity contribution in [3.8, 4) is 17.2 Å². The molecule has 1 aliphatic rings. The Morgan fingerprint density at radius 2 is 1.94 bits per heavy atom. The molecule has 1 aliphatic heterocycles. The Bertz CT molecular complexity index is 1300. The summed E-state index contributed by atoms with van der Waals surface area (Å²) in [5, 5.41) is 16.5. The van der Waals surface area contributed by atoms with Gasteiger partial charge >= 0.3 is 0 Å². The molecule has 0 spiro atoms. The quantitative estimate of drug-likeness (QED) is 0.518. The first-order valence-corrected chi connectivity index (χ1v) is 10.3. The second-order valence-corrected chi connectivity index (χ2v) is 8.06. The molecule has 0 radical (unpaired) electrons. The lowest BCUT2D eigenvalue weighted by atomic mass is 9.86. The van der Waals surface area contributed by atoms with Crippen LogP contribution < -0.4 is 5.32 Å². The molecule has 5 rings (SSSR count). The van der Waals surface area contributed by atoms with Crippen LogP contribution in [0.2, 0.25) is 5.02 Å². The molecular weight excluding hydrogens is 412 g/mol. The molecule has 1 amide bonds. The van der Waals surface area contributed by atoms with E-state index < -0.39 is 0 Å². The van der Waals surface area contributed by atoms with Gasteiger partial charge in [0.1, 0.15) is 5.82 Å². The molecule has 0 saturated heterocycles. The molecule has 3 heterocycles. The van der Waals surface area contributed by atoms with Crippen molar-refractivity contribution in [1.29, 1.82) is 0 Å². The summed E-state index contributed by atoms with van der Waals surface area (Å²) in [5.41, 5.74) is 5.48. The smallest absolute Gasteiger partial charge is 0.272 e. The highest BCUT2D eigenvalue weighted by atomic mass is 35.5. The lowest BCUT2D eigenvalue weighted by Crippen LogP contribution is -2.25. The van der Waals surface area contributed by atoms with Crippen LogP contribution >= 0.6 is 11.6 Å². The molecule has 0 bridgehead atoms. The maximum atomic E-state index is 12.6. The maximum Gasteiger partial charge on any atom is 0.272 e. The molecule has 4 aromatic rings. The van der Waals surface area contributed by atoms with Gasteiger partial charge < -0.3 is 5.32 Å². The fourth-order valence-electron chi connectivity index (χ4n) is 3.95. The number of nitrogens with one attached hydrogen (secondary N) is 1. The zero-order chi connectivity index (χ0) is 21.5. The van der Waals surface area contributed by atoms with Gasteiger partial charge in [0.25, 0.3) is 5.95 Å². The average Bonchev–Trinajstić information content (AvgIpc) is 3.10. The minimum Gasteiger partial charge on any atom is -0.310 e. The molecule has 2 aromatic heterocycles. The van der Waals surface area contributed by atoms with Gasteiger partial charge in [-0.15, -0.1) is 5.10 Å². The molecule has 1 atom stereocenters. The maximum absolute atomic E-state index is 12.6. The second kappa shape index (κ2) is 7.59. The van der Waals surface area contributed by atoms with Crippen molar-refractivity contribution in [2.24, 2.45) is 0 Å². The summed E-state index contributed by atoms with van der Waals surface area (Å²) in [6, 6.07) is 15.6. The van der Waals surface area contributed by atoms with Crippen molar-refractivity contribution in [1.82, 2.24) is 25.0 Å². The zero-order valence-electron chi connectivity index (χ0n) is 17.0. The number of halogens is 1. The molecule has 0 saturated carbocycles. The molecule has 31 heavy (non-hydrogen) atoms. The number of rotatable bonds is 3. The zero-order valence-corrected chi connectivity index (χ0v) is 17.8. The number of nitrogens with zero attached hydrogens (tertiary/aromatic N) is 5. The molecule has 1 N–H and O–H groups in total. The molecule has 0 aliphatic carbocycles. The number of aromatic nitrogens is 5. The Hall–Kier alpha value is -3.58. The summed E-state index contributed by atoms with van der Waals surface area (Å²) in [7, 11) is 0. The van der Waals surface area contributed by atoms with E-state index in [0.29, 0.717) is 28.9 Å². The third kappa shape index (κ3) is 3.57. The Balaban J connectivity index is 1.61. The van der Waals surface area contributed by atoms with Crippen molar-refractivity contribution in [3.63, 3.8) is 0 Å². The molecule has 7 nitrogen and oxygen atoms in total. The van der Waals surface area contributed by atoms with Gasteiger partial charge in [-0.2, -0.15) is 14.9 Å². The first-order valence-electron chi connectivity index (χ1n) is 9.91. The first-order chi connectivity index (χ1) is 15.0. The van der Waals surface area contributed by atoms with Gasteiger partial charge in [0, 0.05) is 28.5 Å². The highest BCUT2D eigenvalue weighted by Gasteiger charge is 2.33. The van der Waals surface area contributed by atoms with Crippen molar-refractivity contribution in [2.75, 3.05) is 5.32 Å². The molecule has 8 heteroatoms. The molecule has 2 aromatic carbocycles. The van der Waals surface area contributed by atoms with E-state index in [-0.39, 0.29) is 11.8 Å². The highest BCUT2D eigenvalue weighted by Crippen LogP contribution is 2.40. The van der Waals surface area contributed by atoms with Crippen LogP contribution in [0, 0.1) is 13.8 Å². The van der Waals surface area contributed by atoms with Crippen molar-refractivity contribution in [3.05, 3.63) is 82.1 Å². The molecule has 154 valence electrons. The fraction of sp³-hybridized carbons (Fsp3) is 0.174. The summed E-state index contributed by atoms with van der Waals surface area (Å²) in [6.45, 7) is 3.95. The van der Waals surface area contributed by atoms with Crippen molar-refractivity contribution < 1.29 is 4.79 Å². The van der Waals surface area contributed by atoms with E-state index >= 15 is 0 Å².